The summed E-state index contributed by atoms with van der Waals surface area (Å²) in [6.45, 7) is 7.77. The molecule has 0 aliphatic carbocycles. The number of rotatable bonds is 9. The van der Waals surface area contributed by atoms with Crippen LogP contribution in [0.1, 0.15) is 62.3 Å². The smallest absolute Gasteiger partial charge is 0.270 e. The molecule has 0 fully saturated rings. The SMILES string of the molecule is CCCCCNC(=O)c1cc(N(C)CCCC)nc(C)n1. The lowest BCUT2D eigenvalue weighted by Crippen LogP contribution is -2.27. The number of nitrogens with zero attached hydrogens (tertiary/aromatic N) is 3. The fourth-order valence-corrected chi connectivity index (χ4v) is 2.04. The molecular formula is C16H28N4O. The zero-order valence-electron chi connectivity index (χ0n) is 13.8. The molecular weight excluding hydrogens is 264 g/mol. The Morgan fingerprint density at radius 2 is 1.90 bits per heavy atom. The van der Waals surface area contributed by atoms with Gasteiger partial charge in [0.25, 0.3) is 5.91 Å². The van der Waals surface area contributed by atoms with E-state index in [0.717, 1.165) is 44.5 Å². The quantitative estimate of drug-likeness (QED) is 0.711. The van der Waals surface area contributed by atoms with Gasteiger partial charge < -0.3 is 10.2 Å². The van der Waals surface area contributed by atoms with Crippen molar-refractivity contribution in [3.63, 3.8) is 0 Å². The first kappa shape index (κ1) is 17.4. The van der Waals surface area contributed by atoms with Gasteiger partial charge in [0.15, 0.2) is 0 Å². The van der Waals surface area contributed by atoms with Crippen molar-refractivity contribution in [1.82, 2.24) is 15.3 Å². The largest absolute Gasteiger partial charge is 0.360 e. The lowest BCUT2D eigenvalue weighted by Gasteiger charge is -2.18. The molecule has 1 N–H and O–H groups in total. The molecule has 1 aromatic heterocycles. The highest BCUT2D eigenvalue weighted by Gasteiger charge is 2.12. The van der Waals surface area contributed by atoms with E-state index >= 15 is 0 Å². The Morgan fingerprint density at radius 1 is 1.19 bits per heavy atom. The van der Waals surface area contributed by atoms with Gasteiger partial charge in [0.1, 0.15) is 17.3 Å². The minimum Gasteiger partial charge on any atom is -0.360 e. The van der Waals surface area contributed by atoms with Crippen LogP contribution in [0.3, 0.4) is 0 Å². The summed E-state index contributed by atoms with van der Waals surface area (Å²) in [5, 5.41) is 2.92. The van der Waals surface area contributed by atoms with Gasteiger partial charge in [0.05, 0.1) is 0 Å². The molecule has 1 heterocycles. The number of carbonyl (C=O) groups is 1. The van der Waals surface area contributed by atoms with Crippen molar-refractivity contribution in [3.05, 3.63) is 17.6 Å². The number of nitrogens with one attached hydrogen (secondary N) is 1. The summed E-state index contributed by atoms with van der Waals surface area (Å²) in [5.74, 6) is 1.34. The van der Waals surface area contributed by atoms with Crippen LogP contribution in [0.15, 0.2) is 6.07 Å². The van der Waals surface area contributed by atoms with Crippen molar-refractivity contribution in [3.8, 4) is 0 Å². The van der Waals surface area contributed by atoms with Gasteiger partial charge >= 0.3 is 0 Å². The third-order valence-corrected chi connectivity index (χ3v) is 3.36. The van der Waals surface area contributed by atoms with Crippen LogP contribution >= 0.6 is 0 Å². The number of hydrogen-bond donors (Lipinski definition) is 1. The summed E-state index contributed by atoms with van der Waals surface area (Å²) >= 11 is 0. The Bertz CT molecular complexity index is 448. The second kappa shape index (κ2) is 9.32. The van der Waals surface area contributed by atoms with Gasteiger partial charge in [-0.3, -0.25) is 4.79 Å². The molecule has 0 aromatic carbocycles. The number of unbranched alkanes of at least 4 members (excludes halogenated alkanes) is 3. The van der Waals surface area contributed by atoms with E-state index in [-0.39, 0.29) is 5.91 Å². The van der Waals surface area contributed by atoms with Gasteiger partial charge in [-0.15, -0.1) is 0 Å². The van der Waals surface area contributed by atoms with E-state index < -0.39 is 0 Å². The van der Waals surface area contributed by atoms with Crippen LogP contribution in [0.2, 0.25) is 0 Å². The van der Waals surface area contributed by atoms with Gasteiger partial charge in [0, 0.05) is 26.2 Å². The average Bonchev–Trinajstić information content (AvgIpc) is 2.48. The molecule has 0 saturated heterocycles. The van der Waals surface area contributed by atoms with Crippen LogP contribution in [-0.2, 0) is 0 Å². The topological polar surface area (TPSA) is 58.1 Å². The predicted octanol–water partition coefficient (Wildman–Crippen LogP) is 2.94. The molecule has 0 unspecified atom stereocenters. The maximum Gasteiger partial charge on any atom is 0.270 e. The van der Waals surface area contributed by atoms with E-state index in [2.05, 4.69) is 34.0 Å². The summed E-state index contributed by atoms with van der Waals surface area (Å²) in [5.41, 5.74) is 0.456. The van der Waals surface area contributed by atoms with E-state index in [1.165, 1.54) is 0 Å². The van der Waals surface area contributed by atoms with Crippen molar-refractivity contribution in [2.75, 3.05) is 25.0 Å². The Morgan fingerprint density at radius 3 is 2.57 bits per heavy atom. The molecule has 1 rings (SSSR count). The highest BCUT2D eigenvalue weighted by molar-refractivity contribution is 5.92. The second-order valence-electron chi connectivity index (χ2n) is 5.40. The third-order valence-electron chi connectivity index (χ3n) is 3.36. The fraction of sp³-hybridized carbons (Fsp3) is 0.688. The van der Waals surface area contributed by atoms with Crippen molar-refractivity contribution in [2.45, 2.75) is 52.9 Å². The molecule has 5 nitrogen and oxygen atoms in total. The summed E-state index contributed by atoms with van der Waals surface area (Å²) in [7, 11) is 2.00. The maximum atomic E-state index is 12.1. The number of aryl methyl sites for hydroxylation is 1. The Hall–Kier alpha value is -1.65. The van der Waals surface area contributed by atoms with Crippen LogP contribution in [0, 0.1) is 6.92 Å². The molecule has 0 aliphatic heterocycles. The minimum atomic E-state index is -0.109. The lowest BCUT2D eigenvalue weighted by molar-refractivity contribution is 0.0947. The monoisotopic (exact) mass is 292 g/mol. The van der Waals surface area contributed by atoms with Crippen molar-refractivity contribution < 1.29 is 4.79 Å². The standard InChI is InChI=1S/C16H28N4O/c1-5-7-9-10-17-16(21)14-12-15(19-13(3)18-14)20(4)11-8-6-2/h12H,5-11H2,1-4H3,(H,17,21). The molecule has 21 heavy (non-hydrogen) atoms. The normalized spacial score (nSPS) is 10.5. The highest BCUT2D eigenvalue weighted by atomic mass is 16.1. The summed E-state index contributed by atoms with van der Waals surface area (Å²) in [6.07, 6.45) is 5.54. The molecule has 5 heteroatoms. The van der Waals surface area contributed by atoms with Crippen LogP contribution in [0.4, 0.5) is 5.82 Å². The zero-order chi connectivity index (χ0) is 15.7. The first-order chi connectivity index (χ1) is 10.1. The number of aromatic nitrogens is 2. The Balaban J connectivity index is 2.69. The fourth-order valence-electron chi connectivity index (χ4n) is 2.04. The number of hydrogen-bond acceptors (Lipinski definition) is 4. The summed E-state index contributed by atoms with van der Waals surface area (Å²) < 4.78 is 0. The van der Waals surface area contributed by atoms with Gasteiger partial charge in [-0.1, -0.05) is 33.1 Å². The van der Waals surface area contributed by atoms with Crippen LogP contribution in [0.5, 0.6) is 0 Å². The van der Waals surface area contributed by atoms with Crippen LogP contribution < -0.4 is 10.2 Å². The first-order valence-corrected chi connectivity index (χ1v) is 7.93. The number of amides is 1. The van der Waals surface area contributed by atoms with Gasteiger partial charge in [-0.25, -0.2) is 9.97 Å². The summed E-state index contributed by atoms with van der Waals surface area (Å²) in [4.78, 5) is 22.9. The number of carbonyl (C=O) groups excluding carboxylic acids is 1. The van der Waals surface area contributed by atoms with Crippen LogP contribution in [-0.4, -0.2) is 36.0 Å². The molecule has 0 aliphatic rings. The van der Waals surface area contributed by atoms with Crippen molar-refractivity contribution in [2.24, 2.45) is 0 Å². The summed E-state index contributed by atoms with van der Waals surface area (Å²) in [6, 6.07) is 1.78. The van der Waals surface area contributed by atoms with Crippen molar-refractivity contribution in [1.29, 1.82) is 0 Å². The van der Waals surface area contributed by atoms with Gasteiger partial charge in [-0.05, 0) is 19.8 Å². The average molecular weight is 292 g/mol. The molecule has 0 saturated carbocycles. The molecule has 118 valence electrons. The molecule has 0 spiro atoms. The first-order valence-electron chi connectivity index (χ1n) is 7.93. The van der Waals surface area contributed by atoms with Gasteiger partial charge in [-0.2, -0.15) is 0 Å². The molecule has 0 radical (unpaired) electrons. The molecule has 1 amide bonds. The highest BCUT2D eigenvalue weighted by Crippen LogP contribution is 2.12. The van der Waals surface area contributed by atoms with E-state index in [1.807, 2.05) is 14.0 Å². The molecule has 1 aromatic rings. The number of anilines is 1. The maximum absolute atomic E-state index is 12.1. The van der Waals surface area contributed by atoms with E-state index in [0.29, 0.717) is 18.1 Å². The molecule has 0 bridgehead atoms. The second-order valence-corrected chi connectivity index (χ2v) is 5.40. The van der Waals surface area contributed by atoms with Gasteiger partial charge in [0.2, 0.25) is 0 Å². The predicted molar refractivity (Wildman–Crippen MR) is 86.8 cm³/mol. The Labute approximate surface area is 128 Å². The van der Waals surface area contributed by atoms with Crippen LogP contribution in [0.25, 0.3) is 0 Å². The van der Waals surface area contributed by atoms with E-state index in [1.54, 1.807) is 6.07 Å². The third kappa shape index (κ3) is 6.10. The van der Waals surface area contributed by atoms with Crippen molar-refractivity contribution >= 4 is 11.7 Å². The van der Waals surface area contributed by atoms with E-state index in [9.17, 15) is 4.79 Å². The van der Waals surface area contributed by atoms with E-state index in [4.69, 9.17) is 0 Å². The minimum absolute atomic E-state index is 0.109. The molecule has 0 atom stereocenters. The Kier molecular flexibility index (Phi) is 7.72. The zero-order valence-corrected chi connectivity index (χ0v) is 13.8. The lowest BCUT2D eigenvalue weighted by atomic mass is 10.2.